The first-order valence-corrected chi connectivity index (χ1v) is 6.37. The number of rotatable bonds is 3. The van der Waals surface area contributed by atoms with E-state index in [2.05, 4.69) is 6.07 Å². The van der Waals surface area contributed by atoms with Crippen LogP contribution < -0.4 is 4.74 Å². The molecular weight excluding hydrogens is 232 g/mol. The quantitative estimate of drug-likeness (QED) is 0.901. The monoisotopic (exact) mass is 248 g/mol. The molecule has 0 saturated carbocycles. The molecule has 2 aromatic rings. The second-order valence-electron chi connectivity index (χ2n) is 4.18. The molecule has 0 spiro atoms. The van der Waals surface area contributed by atoms with Gasteiger partial charge in [-0.3, -0.25) is 0 Å². The Labute approximate surface area is 105 Å². The fraction of sp³-hybridized carbons (Fsp3) is 0.286. The van der Waals surface area contributed by atoms with Crippen molar-refractivity contribution in [3.05, 3.63) is 51.2 Å². The molecule has 0 radical (unpaired) electrons. The maximum atomic E-state index is 10.4. The lowest BCUT2D eigenvalue weighted by Crippen LogP contribution is -2.00. The summed E-state index contributed by atoms with van der Waals surface area (Å²) in [5, 5.41) is 12.3. The summed E-state index contributed by atoms with van der Waals surface area (Å²) in [5.41, 5.74) is 3.24. The lowest BCUT2D eigenvalue weighted by Gasteiger charge is -2.13. The van der Waals surface area contributed by atoms with Gasteiger partial charge in [-0.05, 0) is 30.9 Å². The number of thiophene rings is 1. The normalized spacial score (nSPS) is 12.5. The Morgan fingerprint density at radius 3 is 2.41 bits per heavy atom. The van der Waals surface area contributed by atoms with Gasteiger partial charge in [0.1, 0.15) is 11.9 Å². The van der Waals surface area contributed by atoms with Crippen molar-refractivity contribution in [1.82, 2.24) is 0 Å². The van der Waals surface area contributed by atoms with E-state index < -0.39 is 6.10 Å². The molecule has 1 unspecified atom stereocenters. The van der Waals surface area contributed by atoms with Crippen molar-refractivity contribution in [1.29, 1.82) is 0 Å². The van der Waals surface area contributed by atoms with Crippen LogP contribution in [-0.4, -0.2) is 12.2 Å². The minimum Gasteiger partial charge on any atom is -0.495 e. The largest absolute Gasteiger partial charge is 0.495 e. The molecule has 2 nitrogen and oxygen atoms in total. The van der Waals surface area contributed by atoms with Gasteiger partial charge in [0.25, 0.3) is 0 Å². The van der Waals surface area contributed by atoms with Gasteiger partial charge in [0.15, 0.2) is 0 Å². The summed E-state index contributed by atoms with van der Waals surface area (Å²) in [7, 11) is 1.62. The van der Waals surface area contributed by atoms with Crippen LogP contribution in [0.25, 0.3) is 0 Å². The molecule has 0 aliphatic heterocycles. The zero-order valence-corrected chi connectivity index (χ0v) is 11.0. The number of ether oxygens (including phenoxy) is 1. The van der Waals surface area contributed by atoms with Crippen molar-refractivity contribution in [2.45, 2.75) is 20.0 Å². The van der Waals surface area contributed by atoms with Gasteiger partial charge >= 0.3 is 0 Å². The summed E-state index contributed by atoms with van der Waals surface area (Å²) in [6.45, 7) is 4.07. The van der Waals surface area contributed by atoms with Gasteiger partial charge in [0.2, 0.25) is 0 Å². The second-order valence-corrected chi connectivity index (χ2v) is 5.12. The van der Waals surface area contributed by atoms with Crippen LogP contribution in [0.4, 0.5) is 0 Å². The van der Waals surface area contributed by atoms with Crippen LogP contribution in [0.15, 0.2) is 29.6 Å². The molecule has 1 atom stereocenters. The molecule has 0 amide bonds. The third-order valence-corrected chi connectivity index (χ3v) is 3.64. The average Bonchev–Trinajstić information content (AvgIpc) is 2.74. The number of hydrogen-bond donors (Lipinski definition) is 1. The summed E-state index contributed by atoms with van der Waals surface area (Å²) >= 11 is 1.51. The van der Waals surface area contributed by atoms with Crippen molar-refractivity contribution < 1.29 is 9.84 Å². The van der Waals surface area contributed by atoms with Gasteiger partial charge in [-0.1, -0.05) is 29.3 Å². The molecule has 0 fully saturated rings. The number of aliphatic hydroxyl groups excluding tert-OH is 1. The molecule has 1 aromatic heterocycles. The Balaban J connectivity index is 2.39. The highest BCUT2D eigenvalue weighted by Crippen LogP contribution is 2.35. The van der Waals surface area contributed by atoms with Gasteiger partial charge in [0.05, 0.1) is 12.0 Å². The maximum absolute atomic E-state index is 10.4. The molecule has 0 saturated heterocycles. The van der Waals surface area contributed by atoms with E-state index in [1.165, 1.54) is 11.3 Å². The van der Waals surface area contributed by atoms with Crippen LogP contribution >= 0.6 is 11.3 Å². The first-order valence-electron chi connectivity index (χ1n) is 5.49. The van der Waals surface area contributed by atoms with Crippen LogP contribution in [0.3, 0.4) is 0 Å². The minimum atomic E-state index is -0.608. The van der Waals surface area contributed by atoms with E-state index in [0.717, 1.165) is 27.3 Å². The Kier molecular flexibility index (Phi) is 3.50. The zero-order valence-electron chi connectivity index (χ0n) is 10.2. The first kappa shape index (κ1) is 12.1. The molecule has 0 bridgehead atoms. The number of methoxy groups -OCH3 is 1. The molecule has 2 rings (SSSR count). The van der Waals surface area contributed by atoms with Crippen molar-refractivity contribution >= 4 is 11.3 Å². The van der Waals surface area contributed by atoms with E-state index in [1.807, 2.05) is 37.4 Å². The first-order chi connectivity index (χ1) is 8.11. The predicted molar refractivity (Wildman–Crippen MR) is 70.8 cm³/mol. The van der Waals surface area contributed by atoms with E-state index >= 15 is 0 Å². The Hall–Kier alpha value is -1.32. The van der Waals surface area contributed by atoms with E-state index in [4.69, 9.17) is 4.74 Å². The van der Waals surface area contributed by atoms with Gasteiger partial charge in [-0.15, -0.1) is 11.3 Å². The van der Waals surface area contributed by atoms with Crippen molar-refractivity contribution in [2.75, 3.05) is 7.11 Å². The lowest BCUT2D eigenvalue weighted by atomic mass is 10.0. The molecule has 0 aliphatic rings. The standard InChI is InChI=1S/C14H16O2S/c1-9-6-10(2)8-11(7-9)13(15)14-12(16-3)4-5-17-14/h4-8,13,15H,1-3H3. The summed E-state index contributed by atoms with van der Waals surface area (Å²) in [4.78, 5) is 0.859. The fourth-order valence-electron chi connectivity index (χ4n) is 2.00. The zero-order chi connectivity index (χ0) is 12.4. The third kappa shape index (κ3) is 2.51. The average molecular weight is 248 g/mol. The molecule has 1 heterocycles. The maximum Gasteiger partial charge on any atom is 0.135 e. The minimum absolute atomic E-state index is 0.608. The van der Waals surface area contributed by atoms with Crippen LogP contribution in [-0.2, 0) is 0 Å². The third-order valence-electron chi connectivity index (χ3n) is 2.69. The van der Waals surface area contributed by atoms with Gasteiger partial charge in [-0.25, -0.2) is 0 Å². The van der Waals surface area contributed by atoms with Gasteiger partial charge in [-0.2, -0.15) is 0 Å². The summed E-state index contributed by atoms with van der Waals surface area (Å²) in [6, 6.07) is 8.00. The molecule has 90 valence electrons. The van der Waals surface area contributed by atoms with Crippen LogP contribution in [0.2, 0.25) is 0 Å². The molecule has 1 N–H and O–H groups in total. The highest BCUT2D eigenvalue weighted by Gasteiger charge is 2.17. The van der Waals surface area contributed by atoms with E-state index in [0.29, 0.717) is 0 Å². The summed E-state index contributed by atoms with van der Waals surface area (Å²) in [5.74, 6) is 0.752. The molecule has 1 aromatic carbocycles. The predicted octanol–water partition coefficient (Wildman–Crippen LogP) is 3.46. The summed E-state index contributed by atoms with van der Waals surface area (Å²) in [6.07, 6.45) is -0.608. The molecule has 17 heavy (non-hydrogen) atoms. The van der Waals surface area contributed by atoms with Crippen molar-refractivity contribution in [3.63, 3.8) is 0 Å². The Morgan fingerprint density at radius 2 is 1.82 bits per heavy atom. The number of hydrogen-bond acceptors (Lipinski definition) is 3. The number of aliphatic hydroxyl groups is 1. The topological polar surface area (TPSA) is 29.5 Å². The second kappa shape index (κ2) is 4.90. The molecular formula is C14H16O2S. The summed E-state index contributed by atoms with van der Waals surface area (Å²) < 4.78 is 5.24. The fourth-order valence-corrected chi connectivity index (χ4v) is 2.87. The van der Waals surface area contributed by atoms with Gasteiger partial charge < -0.3 is 9.84 Å². The van der Waals surface area contributed by atoms with Crippen molar-refractivity contribution in [3.8, 4) is 5.75 Å². The number of aryl methyl sites for hydroxylation is 2. The Bertz CT molecular complexity index is 496. The van der Waals surface area contributed by atoms with Crippen LogP contribution in [0.5, 0.6) is 5.75 Å². The molecule has 0 aliphatic carbocycles. The number of benzene rings is 1. The van der Waals surface area contributed by atoms with E-state index in [1.54, 1.807) is 7.11 Å². The van der Waals surface area contributed by atoms with E-state index in [9.17, 15) is 5.11 Å². The highest BCUT2D eigenvalue weighted by atomic mass is 32.1. The highest BCUT2D eigenvalue weighted by molar-refractivity contribution is 7.10. The SMILES string of the molecule is COc1ccsc1C(O)c1cc(C)cc(C)c1. The van der Waals surface area contributed by atoms with Crippen LogP contribution in [0, 0.1) is 13.8 Å². The van der Waals surface area contributed by atoms with E-state index in [-0.39, 0.29) is 0 Å². The van der Waals surface area contributed by atoms with Crippen molar-refractivity contribution in [2.24, 2.45) is 0 Å². The lowest BCUT2D eigenvalue weighted by molar-refractivity contribution is 0.219. The van der Waals surface area contributed by atoms with Gasteiger partial charge in [0, 0.05) is 0 Å². The van der Waals surface area contributed by atoms with Crippen LogP contribution in [0.1, 0.15) is 27.7 Å². The smallest absolute Gasteiger partial charge is 0.135 e. The molecule has 3 heteroatoms. The Morgan fingerprint density at radius 1 is 1.18 bits per heavy atom.